The first kappa shape index (κ1) is 10.9. The topological polar surface area (TPSA) is 98.1 Å². The highest BCUT2D eigenvalue weighted by molar-refractivity contribution is 5.86. The number of carbonyl (C=O) groups is 2. The van der Waals surface area contributed by atoms with Crippen LogP contribution in [0.1, 0.15) is 6.42 Å². The Labute approximate surface area is 80.8 Å². The van der Waals surface area contributed by atoms with Crippen LogP contribution in [-0.2, 0) is 9.59 Å². The maximum absolute atomic E-state index is 11.3. The van der Waals surface area contributed by atoms with Crippen molar-refractivity contribution in [1.29, 1.82) is 0 Å². The second kappa shape index (κ2) is 4.39. The molecule has 0 spiro atoms. The van der Waals surface area contributed by atoms with Gasteiger partial charge in [0, 0.05) is 13.0 Å². The number of nitrogens with zero attached hydrogens (tertiary/aromatic N) is 1. The van der Waals surface area contributed by atoms with E-state index < -0.39 is 17.9 Å². The summed E-state index contributed by atoms with van der Waals surface area (Å²) in [5, 5.41) is 26.3. The van der Waals surface area contributed by atoms with Crippen molar-refractivity contribution < 1.29 is 24.9 Å². The molecule has 0 aliphatic carbocycles. The Morgan fingerprint density at radius 2 is 2.07 bits per heavy atom. The molecule has 14 heavy (non-hydrogen) atoms. The monoisotopic (exact) mass is 203 g/mol. The van der Waals surface area contributed by atoms with Crippen LogP contribution in [0.2, 0.25) is 0 Å². The fourth-order valence-corrected chi connectivity index (χ4v) is 1.50. The summed E-state index contributed by atoms with van der Waals surface area (Å²) in [5.41, 5.74) is 0. The maximum atomic E-state index is 11.3. The van der Waals surface area contributed by atoms with Gasteiger partial charge in [-0.2, -0.15) is 0 Å². The van der Waals surface area contributed by atoms with E-state index in [1.54, 1.807) is 0 Å². The molecule has 1 fully saturated rings. The Morgan fingerprint density at radius 3 is 2.43 bits per heavy atom. The molecule has 0 saturated carbocycles. The summed E-state index contributed by atoms with van der Waals surface area (Å²) in [5.74, 6) is -2.07. The lowest BCUT2D eigenvalue weighted by molar-refractivity contribution is -0.141. The number of hydrogen-bond donors (Lipinski definition) is 3. The molecule has 0 aromatic heterocycles. The van der Waals surface area contributed by atoms with Gasteiger partial charge in [-0.3, -0.25) is 9.59 Å². The third-order valence-corrected chi connectivity index (χ3v) is 2.37. The Balaban J connectivity index is 2.64. The largest absolute Gasteiger partial charge is 0.481 e. The van der Waals surface area contributed by atoms with Crippen molar-refractivity contribution in [1.82, 2.24) is 4.90 Å². The number of hydrogen-bond acceptors (Lipinski definition) is 4. The molecule has 80 valence electrons. The van der Waals surface area contributed by atoms with Crippen molar-refractivity contribution in [3.05, 3.63) is 0 Å². The molecular weight excluding hydrogens is 190 g/mol. The highest BCUT2D eigenvalue weighted by Gasteiger charge is 2.37. The van der Waals surface area contributed by atoms with Crippen LogP contribution in [0.4, 0.5) is 0 Å². The highest BCUT2D eigenvalue weighted by Crippen LogP contribution is 2.19. The van der Waals surface area contributed by atoms with Crippen LogP contribution >= 0.6 is 0 Å². The van der Waals surface area contributed by atoms with E-state index >= 15 is 0 Å². The van der Waals surface area contributed by atoms with Crippen molar-refractivity contribution in [2.24, 2.45) is 5.92 Å². The van der Waals surface area contributed by atoms with E-state index in [9.17, 15) is 9.59 Å². The van der Waals surface area contributed by atoms with Crippen molar-refractivity contribution in [3.63, 3.8) is 0 Å². The zero-order valence-electron chi connectivity index (χ0n) is 7.59. The maximum Gasteiger partial charge on any atom is 0.308 e. The van der Waals surface area contributed by atoms with Crippen molar-refractivity contribution in [2.45, 2.75) is 12.5 Å². The zero-order chi connectivity index (χ0) is 10.7. The van der Waals surface area contributed by atoms with Crippen LogP contribution in [0.25, 0.3) is 0 Å². The SMILES string of the molecule is O=C(O)[C@@H]1CC(=O)N(C(CO)CO)C1. The molecule has 1 heterocycles. The minimum absolute atomic E-state index is 0.0498. The van der Waals surface area contributed by atoms with Gasteiger partial charge >= 0.3 is 5.97 Å². The van der Waals surface area contributed by atoms with Gasteiger partial charge < -0.3 is 20.2 Å². The second-order valence-electron chi connectivity index (χ2n) is 3.30. The predicted octanol–water partition coefficient (Wildman–Crippen LogP) is -1.73. The van der Waals surface area contributed by atoms with Gasteiger partial charge in [0.1, 0.15) is 0 Å². The molecule has 1 aliphatic rings. The summed E-state index contributed by atoms with van der Waals surface area (Å²) in [6.45, 7) is -0.636. The van der Waals surface area contributed by atoms with Gasteiger partial charge in [0.25, 0.3) is 0 Å². The van der Waals surface area contributed by atoms with E-state index in [0.717, 1.165) is 0 Å². The average molecular weight is 203 g/mol. The molecule has 0 bridgehead atoms. The van der Waals surface area contributed by atoms with Crippen molar-refractivity contribution >= 4 is 11.9 Å². The summed E-state index contributed by atoms with van der Waals surface area (Å²) in [4.78, 5) is 23.1. The van der Waals surface area contributed by atoms with Gasteiger partial charge in [0.2, 0.25) is 5.91 Å². The number of carboxylic acid groups (broad SMARTS) is 1. The molecule has 0 aromatic rings. The third kappa shape index (κ3) is 2.02. The second-order valence-corrected chi connectivity index (χ2v) is 3.30. The summed E-state index contributed by atoms with van der Waals surface area (Å²) in [6, 6.07) is -0.674. The molecule has 6 nitrogen and oxygen atoms in total. The smallest absolute Gasteiger partial charge is 0.308 e. The Kier molecular flexibility index (Phi) is 3.43. The van der Waals surface area contributed by atoms with Gasteiger partial charge in [-0.1, -0.05) is 0 Å². The number of amides is 1. The molecule has 0 aromatic carbocycles. The van der Waals surface area contributed by atoms with Crippen molar-refractivity contribution in [2.75, 3.05) is 19.8 Å². The molecule has 1 atom stereocenters. The minimum Gasteiger partial charge on any atom is -0.481 e. The molecule has 0 unspecified atom stereocenters. The van der Waals surface area contributed by atoms with E-state index in [4.69, 9.17) is 15.3 Å². The van der Waals surface area contributed by atoms with E-state index in [0.29, 0.717) is 0 Å². The molecule has 1 rings (SSSR count). The first-order valence-electron chi connectivity index (χ1n) is 4.34. The quantitative estimate of drug-likeness (QED) is 0.504. The molecular formula is C8H13NO5. The van der Waals surface area contributed by atoms with Gasteiger partial charge in [-0.25, -0.2) is 0 Å². The van der Waals surface area contributed by atoms with Crippen LogP contribution in [0.5, 0.6) is 0 Å². The summed E-state index contributed by atoms with van der Waals surface area (Å²) >= 11 is 0. The molecule has 0 radical (unpaired) electrons. The van der Waals surface area contributed by atoms with E-state index in [2.05, 4.69) is 0 Å². The van der Waals surface area contributed by atoms with Gasteiger partial charge in [0.05, 0.1) is 25.2 Å². The predicted molar refractivity (Wildman–Crippen MR) is 45.4 cm³/mol. The number of likely N-dealkylation sites (tertiary alicyclic amines) is 1. The number of carboxylic acids is 1. The fraction of sp³-hybridized carbons (Fsp3) is 0.750. The lowest BCUT2D eigenvalue weighted by atomic mass is 10.1. The Morgan fingerprint density at radius 1 is 1.50 bits per heavy atom. The number of aliphatic hydroxyl groups is 2. The van der Waals surface area contributed by atoms with Gasteiger partial charge in [-0.15, -0.1) is 0 Å². The summed E-state index contributed by atoms with van der Waals surface area (Å²) in [6.07, 6.45) is -0.0498. The average Bonchev–Trinajstić information content (AvgIpc) is 2.51. The van der Waals surface area contributed by atoms with Crippen LogP contribution < -0.4 is 0 Å². The van der Waals surface area contributed by atoms with E-state index in [1.807, 2.05) is 0 Å². The highest BCUT2D eigenvalue weighted by atomic mass is 16.4. The minimum atomic E-state index is -1.02. The standard InChI is InChI=1S/C8H13NO5/c10-3-6(4-11)9-2-5(8(13)14)1-7(9)12/h5-6,10-11H,1-4H2,(H,13,14)/t5-/m1/s1. The lowest BCUT2D eigenvalue weighted by Crippen LogP contribution is -2.41. The number of aliphatic carboxylic acids is 1. The van der Waals surface area contributed by atoms with Crippen LogP contribution in [0, 0.1) is 5.92 Å². The Bertz CT molecular complexity index is 238. The van der Waals surface area contributed by atoms with E-state index in [1.165, 1.54) is 4.90 Å². The molecule has 3 N–H and O–H groups in total. The molecule has 6 heteroatoms. The Hall–Kier alpha value is -1.14. The molecule has 1 amide bonds. The number of aliphatic hydroxyl groups excluding tert-OH is 2. The molecule has 1 saturated heterocycles. The first-order chi connectivity index (χ1) is 6.60. The normalized spacial score (nSPS) is 22.1. The third-order valence-electron chi connectivity index (χ3n) is 2.37. The zero-order valence-corrected chi connectivity index (χ0v) is 7.59. The number of carbonyl (C=O) groups excluding carboxylic acids is 1. The van der Waals surface area contributed by atoms with Crippen LogP contribution in [0.15, 0.2) is 0 Å². The molecule has 1 aliphatic heterocycles. The van der Waals surface area contributed by atoms with Gasteiger partial charge in [-0.05, 0) is 0 Å². The van der Waals surface area contributed by atoms with Crippen LogP contribution in [-0.4, -0.2) is 57.9 Å². The van der Waals surface area contributed by atoms with Gasteiger partial charge in [0.15, 0.2) is 0 Å². The van der Waals surface area contributed by atoms with Crippen LogP contribution in [0.3, 0.4) is 0 Å². The van der Waals surface area contributed by atoms with E-state index in [-0.39, 0.29) is 32.1 Å². The van der Waals surface area contributed by atoms with Crippen molar-refractivity contribution in [3.8, 4) is 0 Å². The summed E-state index contributed by atoms with van der Waals surface area (Å²) in [7, 11) is 0. The fourth-order valence-electron chi connectivity index (χ4n) is 1.50. The number of rotatable bonds is 4. The summed E-state index contributed by atoms with van der Waals surface area (Å²) < 4.78 is 0. The lowest BCUT2D eigenvalue weighted by Gasteiger charge is -2.24. The first-order valence-corrected chi connectivity index (χ1v) is 4.34.